The lowest BCUT2D eigenvalue weighted by Gasteiger charge is -2.26. The van der Waals surface area contributed by atoms with Gasteiger partial charge in [-0.2, -0.15) is 0 Å². The minimum atomic E-state index is -0.417. The molecular weight excluding hydrogens is 474 g/mol. The molecule has 1 fully saturated rings. The predicted molar refractivity (Wildman–Crippen MR) is 139 cm³/mol. The number of carbonyl (C=O) groups is 1. The number of esters is 1. The minimum Gasteiger partial charge on any atom is -0.497 e. The molecule has 1 aliphatic rings. The van der Waals surface area contributed by atoms with Crippen molar-refractivity contribution in [3.05, 3.63) is 108 Å². The Bertz CT molecular complexity index is 1370. The topological polar surface area (TPSA) is 76.8 Å². The zero-order chi connectivity index (χ0) is 25.1. The lowest BCUT2D eigenvalue weighted by atomic mass is 10.0. The summed E-state index contributed by atoms with van der Waals surface area (Å²) in [6, 6.07) is 24.3. The Hall–Kier alpha value is -4.17. The van der Waals surface area contributed by atoms with Gasteiger partial charge in [-0.3, -0.25) is 4.98 Å². The van der Waals surface area contributed by atoms with Crippen molar-refractivity contribution in [1.82, 2.24) is 15.2 Å². The number of methoxy groups -OCH3 is 2. The van der Waals surface area contributed by atoms with Crippen molar-refractivity contribution in [1.29, 1.82) is 0 Å². The molecule has 0 saturated carbocycles. The molecule has 2 atom stereocenters. The molecule has 0 spiro atoms. The van der Waals surface area contributed by atoms with Crippen LogP contribution in [0.2, 0.25) is 0 Å². The summed E-state index contributed by atoms with van der Waals surface area (Å²) in [5.74, 6) is 1.66. The van der Waals surface area contributed by atoms with E-state index in [-0.39, 0.29) is 12.1 Å². The van der Waals surface area contributed by atoms with E-state index in [9.17, 15) is 4.79 Å². The largest absolute Gasteiger partial charge is 0.497 e. The van der Waals surface area contributed by atoms with E-state index in [1.54, 1.807) is 25.4 Å². The first-order valence-corrected chi connectivity index (χ1v) is 11.9. The van der Waals surface area contributed by atoms with Crippen LogP contribution in [-0.2, 0) is 11.3 Å². The summed E-state index contributed by atoms with van der Waals surface area (Å²) in [5.41, 5.74) is 3.04. The Morgan fingerprint density at radius 1 is 1.03 bits per heavy atom. The van der Waals surface area contributed by atoms with Crippen LogP contribution < -0.4 is 10.1 Å². The van der Waals surface area contributed by atoms with Gasteiger partial charge in [0.15, 0.2) is 5.11 Å². The molecule has 8 heteroatoms. The predicted octanol–water partition coefficient (Wildman–Crippen LogP) is 5.31. The second kappa shape index (κ2) is 10.2. The third-order valence-corrected chi connectivity index (χ3v) is 6.58. The summed E-state index contributed by atoms with van der Waals surface area (Å²) in [4.78, 5) is 19.0. The highest BCUT2D eigenvalue weighted by atomic mass is 32.1. The number of aromatic nitrogens is 1. The molecule has 1 saturated heterocycles. The smallest absolute Gasteiger partial charge is 0.338 e. The van der Waals surface area contributed by atoms with E-state index >= 15 is 0 Å². The summed E-state index contributed by atoms with van der Waals surface area (Å²) >= 11 is 5.77. The summed E-state index contributed by atoms with van der Waals surface area (Å²) in [6.07, 6.45) is 1.77. The van der Waals surface area contributed by atoms with Crippen LogP contribution in [0.3, 0.4) is 0 Å². The van der Waals surface area contributed by atoms with Gasteiger partial charge in [0.2, 0.25) is 0 Å². The van der Waals surface area contributed by atoms with Gasteiger partial charge in [-0.1, -0.05) is 36.4 Å². The van der Waals surface area contributed by atoms with Gasteiger partial charge in [0.25, 0.3) is 0 Å². The number of nitrogens with zero attached hydrogens (tertiary/aromatic N) is 2. The maximum atomic E-state index is 12.3. The van der Waals surface area contributed by atoms with Crippen LogP contribution in [0.15, 0.2) is 89.5 Å². The van der Waals surface area contributed by atoms with E-state index in [0.717, 1.165) is 17.0 Å². The van der Waals surface area contributed by atoms with Crippen LogP contribution in [0.25, 0.3) is 11.3 Å². The van der Waals surface area contributed by atoms with Gasteiger partial charge in [0, 0.05) is 18.3 Å². The number of nitrogens with one attached hydrogen (secondary N) is 1. The van der Waals surface area contributed by atoms with Crippen LogP contribution in [0.4, 0.5) is 0 Å². The summed E-state index contributed by atoms with van der Waals surface area (Å²) in [5, 5.41) is 4.05. The highest BCUT2D eigenvalue weighted by Crippen LogP contribution is 2.41. The molecule has 36 heavy (non-hydrogen) atoms. The molecule has 5 rings (SSSR count). The molecule has 7 nitrogen and oxygen atoms in total. The molecule has 2 aromatic carbocycles. The molecule has 182 valence electrons. The van der Waals surface area contributed by atoms with Gasteiger partial charge < -0.3 is 24.1 Å². The van der Waals surface area contributed by atoms with Crippen LogP contribution >= 0.6 is 12.2 Å². The number of carbonyl (C=O) groups excluding carboxylic acids is 1. The molecule has 4 aromatic rings. The molecular formula is C28H25N3O4S. The Labute approximate surface area is 214 Å². The fraction of sp³-hybridized carbons (Fsp3) is 0.179. The monoisotopic (exact) mass is 499 g/mol. The summed E-state index contributed by atoms with van der Waals surface area (Å²) in [6.45, 7) is 0.568. The van der Waals surface area contributed by atoms with Crippen LogP contribution in [0, 0.1) is 0 Å². The van der Waals surface area contributed by atoms with Crippen LogP contribution in [0.5, 0.6) is 5.75 Å². The molecule has 0 amide bonds. The number of rotatable bonds is 7. The molecule has 0 unspecified atom stereocenters. The van der Waals surface area contributed by atoms with Gasteiger partial charge in [-0.25, -0.2) is 4.79 Å². The van der Waals surface area contributed by atoms with Crippen molar-refractivity contribution in [3.63, 3.8) is 0 Å². The van der Waals surface area contributed by atoms with Crippen molar-refractivity contribution in [2.75, 3.05) is 14.2 Å². The Morgan fingerprint density at radius 2 is 1.81 bits per heavy atom. The second-order valence-corrected chi connectivity index (χ2v) is 8.73. The van der Waals surface area contributed by atoms with Gasteiger partial charge in [0.05, 0.1) is 31.5 Å². The quantitative estimate of drug-likeness (QED) is 0.271. The number of hydrogen-bond donors (Lipinski definition) is 1. The van der Waals surface area contributed by atoms with E-state index < -0.39 is 5.97 Å². The summed E-state index contributed by atoms with van der Waals surface area (Å²) in [7, 11) is 3.02. The first-order chi connectivity index (χ1) is 17.6. The highest BCUT2D eigenvalue weighted by molar-refractivity contribution is 7.80. The third kappa shape index (κ3) is 4.55. The Balaban J connectivity index is 1.53. The minimum absolute atomic E-state index is 0.216. The van der Waals surface area contributed by atoms with Crippen molar-refractivity contribution in [3.8, 4) is 17.1 Å². The van der Waals surface area contributed by atoms with Crippen molar-refractivity contribution in [2.24, 2.45) is 0 Å². The number of thiocarbonyl (C=S) groups is 1. The standard InChI is InChI=1S/C28H25N3O4S/c1-33-19-12-10-18(11-13-19)17-31-26(25(30-28(31)36)22-9-5-6-16-29-22)24-15-14-23(35-24)20-7-3-4-8-21(20)27(32)34-2/h3-16,25-26H,17H2,1-2H3,(H,30,36)/t25-,26+/m0/s1. The summed E-state index contributed by atoms with van der Waals surface area (Å²) < 4.78 is 16.7. The molecule has 0 aliphatic carbocycles. The van der Waals surface area contributed by atoms with E-state index in [4.69, 9.17) is 26.1 Å². The van der Waals surface area contributed by atoms with Gasteiger partial charge in [-0.15, -0.1) is 0 Å². The zero-order valence-electron chi connectivity index (χ0n) is 19.9. The average Bonchev–Trinajstić information content (AvgIpc) is 3.54. The highest BCUT2D eigenvalue weighted by Gasteiger charge is 2.41. The lowest BCUT2D eigenvalue weighted by molar-refractivity contribution is 0.0601. The molecule has 0 radical (unpaired) electrons. The van der Waals surface area contributed by atoms with Gasteiger partial charge in [0.1, 0.15) is 23.3 Å². The van der Waals surface area contributed by atoms with Crippen molar-refractivity contribution in [2.45, 2.75) is 18.6 Å². The number of benzene rings is 2. The maximum absolute atomic E-state index is 12.3. The average molecular weight is 500 g/mol. The van der Waals surface area contributed by atoms with Crippen LogP contribution in [0.1, 0.15) is 39.5 Å². The number of furan rings is 1. The number of hydrogen-bond acceptors (Lipinski definition) is 6. The van der Waals surface area contributed by atoms with Gasteiger partial charge in [-0.05, 0) is 60.2 Å². The molecule has 1 N–H and O–H groups in total. The Kier molecular flexibility index (Phi) is 6.69. The Morgan fingerprint density at radius 3 is 2.53 bits per heavy atom. The van der Waals surface area contributed by atoms with Crippen molar-refractivity contribution >= 4 is 23.3 Å². The molecule has 1 aliphatic heterocycles. The normalized spacial score (nSPS) is 17.1. The maximum Gasteiger partial charge on any atom is 0.338 e. The van der Waals surface area contributed by atoms with E-state index in [0.29, 0.717) is 34.3 Å². The zero-order valence-corrected chi connectivity index (χ0v) is 20.7. The third-order valence-electron chi connectivity index (χ3n) is 6.23. The fourth-order valence-electron chi connectivity index (χ4n) is 4.45. The van der Waals surface area contributed by atoms with Crippen molar-refractivity contribution < 1.29 is 18.7 Å². The number of pyridine rings is 1. The van der Waals surface area contributed by atoms with Gasteiger partial charge >= 0.3 is 5.97 Å². The van der Waals surface area contributed by atoms with E-state index in [2.05, 4.69) is 15.2 Å². The first kappa shape index (κ1) is 23.6. The molecule has 0 bridgehead atoms. The molecule has 3 heterocycles. The fourth-order valence-corrected chi connectivity index (χ4v) is 4.76. The number of ether oxygens (including phenoxy) is 2. The SMILES string of the molecule is COC(=O)c1ccccc1-c1ccc([C@@H]2[C@H](c3ccccn3)NC(=S)N2Cc2ccc(OC)cc2)o1. The lowest BCUT2D eigenvalue weighted by Crippen LogP contribution is -2.29. The first-order valence-electron chi connectivity index (χ1n) is 11.5. The van der Waals surface area contributed by atoms with E-state index in [1.807, 2.05) is 66.7 Å². The molecule has 2 aromatic heterocycles. The van der Waals surface area contributed by atoms with Crippen LogP contribution in [-0.4, -0.2) is 35.2 Å². The second-order valence-electron chi connectivity index (χ2n) is 8.34. The van der Waals surface area contributed by atoms with E-state index in [1.165, 1.54) is 7.11 Å².